The molecule has 0 aliphatic heterocycles. The van der Waals surface area contributed by atoms with Gasteiger partial charge in [-0.25, -0.2) is 9.97 Å². The summed E-state index contributed by atoms with van der Waals surface area (Å²) in [6, 6.07) is 8.05. The van der Waals surface area contributed by atoms with Crippen LogP contribution in [0.3, 0.4) is 0 Å². The maximum atomic E-state index is 6.18. The number of benzene rings is 1. The van der Waals surface area contributed by atoms with E-state index in [1.807, 2.05) is 31.2 Å². The van der Waals surface area contributed by atoms with E-state index in [-0.39, 0.29) is 0 Å². The van der Waals surface area contributed by atoms with Gasteiger partial charge in [-0.1, -0.05) is 44.2 Å². The Morgan fingerprint density at radius 3 is 2.78 bits per heavy atom. The van der Waals surface area contributed by atoms with E-state index < -0.39 is 0 Å². The monoisotopic (exact) mass is 306 g/mol. The summed E-state index contributed by atoms with van der Waals surface area (Å²) in [5.74, 6) is 1.49. The molecular weight excluding hydrogens is 284 g/mol. The molecule has 0 aliphatic carbocycles. The maximum Gasteiger partial charge on any atom is 0.152 e. The fourth-order valence-corrected chi connectivity index (χ4v) is 2.97. The highest BCUT2D eigenvalue weighted by Gasteiger charge is 2.18. The number of nitrogens with two attached hydrogens (primary N) is 1. The van der Waals surface area contributed by atoms with Crippen molar-refractivity contribution in [2.24, 2.45) is 0 Å². The molecule has 3 rings (SSSR count). The second kappa shape index (κ2) is 6.24. The van der Waals surface area contributed by atoms with Crippen molar-refractivity contribution in [3.63, 3.8) is 0 Å². The van der Waals surface area contributed by atoms with Crippen molar-refractivity contribution >= 4 is 33.5 Å². The molecule has 118 valence electrons. The fraction of sp³-hybridized carbons (Fsp3) is 0.263. The number of unbranched alkanes of at least 4 members (excludes halogenated alkanes) is 1. The Hall–Kier alpha value is -2.62. The molecule has 0 atom stereocenters. The molecule has 4 heteroatoms. The largest absolute Gasteiger partial charge is 0.382 e. The molecule has 2 N–H and O–H groups in total. The van der Waals surface area contributed by atoms with E-state index in [0.29, 0.717) is 5.82 Å². The third-order valence-corrected chi connectivity index (χ3v) is 4.11. The number of hydrogen-bond acceptors (Lipinski definition) is 3. The second-order valence-electron chi connectivity index (χ2n) is 5.60. The lowest BCUT2D eigenvalue weighted by molar-refractivity contribution is 0.748. The van der Waals surface area contributed by atoms with Gasteiger partial charge in [0.15, 0.2) is 5.82 Å². The standard InChI is InChI=1S/C19H22N4/c1-4-7-12-16-22-17-18(23(16)13(5-2)6-3)14-10-8-9-11-15(14)21-19(17)20/h5-6,8-11H,2,4,7,12H2,1,3H3,(H2,20,21)/b13-6+. The molecule has 2 aromatic heterocycles. The van der Waals surface area contributed by atoms with Gasteiger partial charge in [-0.15, -0.1) is 0 Å². The van der Waals surface area contributed by atoms with Crippen LogP contribution in [0.2, 0.25) is 0 Å². The van der Waals surface area contributed by atoms with E-state index in [0.717, 1.165) is 52.7 Å². The maximum absolute atomic E-state index is 6.18. The van der Waals surface area contributed by atoms with Crippen LogP contribution in [0.15, 0.2) is 43.0 Å². The highest BCUT2D eigenvalue weighted by molar-refractivity contribution is 6.08. The number of fused-ring (bicyclic) bond motifs is 3. The molecule has 0 bridgehead atoms. The first-order valence-corrected chi connectivity index (χ1v) is 8.05. The summed E-state index contributed by atoms with van der Waals surface area (Å²) in [5, 5.41) is 1.06. The predicted molar refractivity (Wildman–Crippen MR) is 98.2 cm³/mol. The van der Waals surface area contributed by atoms with Crippen molar-refractivity contribution in [1.29, 1.82) is 0 Å². The average Bonchev–Trinajstić information content (AvgIpc) is 2.95. The van der Waals surface area contributed by atoms with Crippen LogP contribution < -0.4 is 5.73 Å². The van der Waals surface area contributed by atoms with Crippen molar-refractivity contribution in [3.05, 3.63) is 48.8 Å². The van der Waals surface area contributed by atoms with Gasteiger partial charge < -0.3 is 5.73 Å². The first kappa shape index (κ1) is 15.3. The first-order chi connectivity index (χ1) is 11.2. The van der Waals surface area contributed by atoms with Crippen molar-refractivity contribution < 1.29 is 0 Å². The van der Waals surface area contributed by atoms with Gasteiger partial charge in [-0.3, -0.25) is 4.57 Å². The van der Waals surface area contributed by atoms with Crippen LogP contribution in [-0.2, 0) is 6.42 Å². The molecule has 2 heterocycles. The topological polar surface area (TPSA) is 56.7 Å². The van der Waals surface area contributed by atoms with Crippen LogP contribution in [0.4, 0.5) is 5.82 Å². The van der Waals surface area contributed by atoms with Crippen molar-refractivity contribution in [1.82, 2.24) is 14.5 Å². The first-order valence-electron chi connectivity index (χ1n) is 8.05. The molecule has 23 heavy (non-hydrogen) atoms. The predicted octanol–water partition coefficient (Wildman–Crippen LogP) is 4.56. The van der Waals surface area contributed by atoms with Crippen LogP contribution in [-0.4, -0.2) is 14.5 Å². The van der Waals surface area contributed by atoms with Crippen molar-refractivity contribution in [3.8, 4) is 0 Å². The molecule has 0 amide bonds. The quantitative estimate of drug-likeness (QED) is 0.703. The van der Waals surface area contributed by atoms with Crippen molar-refractivity contribution in [2.45, 2.75) is 33.1 Å². The SMILES string of the molecule is C=C/C(=C\C)n1c(CCCC)nc2c(N)nc3ccccc3c21. The van der Waals surface area contributed by atoms with Gasteiger partial charge >= 0.3 is 0 Å². The minimum absolute atomic E-state index is 0.481. The van der Waals surface area contributed by atoms with E-state index in [2.05, 4.69) is 35.2 Å². The second-order valence-corrected chi connectivity index (χ2v) is 5.60. The number of pyridine rings is 1. The molecule has 0 radical (unpaired) electrons. The van der Waals surface area contributed by atoms with Gasteiger partial charge in [0.25, 0.3) is 0 Å². The lowest BCUT2D eigenvalue weighted by atomic mass is 10.1. The normalized spacial score (nSPS) is 12.2. The number of aryl methyl sites for hydroxylation is 1. The summed E-state index contributed by atoms with van der Waals surface area (Å²) in [6.07, 6.45) is 7.03. The number of nitrogens with zero attached hydrogens (tertiary/aromatic N) is 3. The van der Waals surface area contributed by atoms with Crippen LogP contribution in [0.5, 0.6) is 0 Å². The number of hydrogen-bond donors (Lipinski definition) is 1. The summed E-state index contributed by atoms with van der Waals surface area (Å²) in [4.78, 5) is 9.31. The number of nitrogen functional groups attached to an aromatic ring is 1. The third kappa shape index (κ3) is 2.50. The van der Waals surface area contributed by atoms with Gasteiger partial charge in [0.2, 0.25) is 0 Å². The number of anilines is 1. The van der Waals surface area contributed by atoms with E-state index in [4.69, 9.17) is 10.7 Å². The Kier molecular flexibility index (Phi) is 4.15. The van der Waals surface area contributed by atoms with Crippen LogP contribution in [0.1, 0.15) is 32.5 Å². The zero-order chi connectivity index (χ0) is 16.4. The molecule has 0 saturated carbocycles. The summed E-state index contributed by atoms with van der Waals surface area (Å²) < 4.78 is 2.18. The fourth-order valence-electron chi connectivity index (χ4n) is 2.97. The Morgan fingerprint density at radius 1 is 1.30 bits per heavy atom. The number of aromatic nitrogens is 3. The summed E-state index contributed by atoms with van der Waals surface area (Å²) in [6.45, 7) is 8.15. The van der Waals surface area contributed by atoms with Gasteiger partial charge in [0, 0.05) is 17.5 Å². The highest BCUT2D eigenvalue weighted by atomic mass is 15.1. The Labute approximate surface area is 136 Å². The van der Waals surface area contributed by atoms with Crippen molar-refractivity contribution in [2.75, 3.05) is 5.73 Å². The van der Waals surface area contributed by atoms with E-state index in [9.17, 15) is 0 Å². The van der Waals surface area contributed by atoms with Crippen LogP contribution in [0.25, 0.3) is 27.6 Å². The van der Waals surface area contributed by atoms with Gasteiger partial charge in [0.1, 0.15) is 11.3 Å². The van der Waals surface area contributed by atoms with Gasteiger partial charge in [-0.05, 0) is 25.5 Å². The molecular formula is C19H22N4. The van der Waals surface area contributed by atoms with E-state index >= 15 is 0 Å². The molecule has 0 aliphatic rings. The third-order valence-electron chi connectivity index (χ3n) is 4.11. The number of para-hydroxylation sites is 1. The lowest BCUT2D eigenvalue weighted by Crippen LogP contribution is -2.02. The summed E-state index contributed by atoms with van der Waals surface area (Å²) in [7, 11) is 0. The minimum atomic E-state index is 0.481. The molecule has 1 aromatic carbocycles. The minimum Gasteiger partial charge on any atom is -0.382 e. The van der Waals surface area contributed by atoms with E-state index in [1.165, 1.54) is 0 Å². The zero-order valence-electron chi connectivity index (χ0n) is 13.7. The van der Waals surface area contributed by atoms with E-state index in [1.54, 1.807) is 0 Å². The summed E-state index contributed by atoms with van der Waals surface area (Å²) in [5.41, 5.74) is 9.89. The smallest absolute Gasteiger partial charge is 0.152 e. The Bertz CT molecular complexity index is 903. The van der Waals surface area contributed by atoms with Crippen LogP contribution in [0, 0.1) is 0 Å². The average molecular weight is 306 g/mol. The molecule has 4 nitrogen and oxygen atoms in total. The van der Waals surface area contributed by atoms with Crippen LogP contribution >= 0.6 is 0 Å². The molecule has 0 unspecified atom stereocenters. The summed E-state index contributed by atoms with van der Waals surface area (Å²) >= 11 is 0. The van der Waals surface area contributed by atoms with Gasteiger partial charge in [-0.2, -0.15) is 0 Å². The van der Waals surface area contributed by atoms with Gasteiger partial charge in [0.05, 0.1) is 11.0 Å². The zero-order valence-corrected chi connectivity index (χ0v) is 13.7. The molecule has 0 spiro atoms. The lowest BCUT2D eigenvalue weighted by Gasteiger charge is -2.11. The molecule has 3 aromatic rings. The number of imidazole rings is 1. The molecule has 0 fully saturated rings. The highest BCUT2D eigenvalue weighted by Crippen LogP contribution is 2.31. The molecule has 0 saturated heterocycles. The number of rotatable bonds is 5. The number of allylic oxidation sites excluding steroid dienone is 3. The Balaban J connectivity index is 2.44. The Morgan fingerprint density at radius 2 is 2.09 bits per heavy atom.